The summed E-state index contributed by atoms with van der Waals surface area (Å²) in [4.78, 5) is 29.9. The minimum Gasteiger partial charge on any atom is -0.379 e. The van der Waals surface area contributed by atoms with Gasteiger partial charge in [-0.15, -0.1) is 11.3 Å². The number of nitrogens with zero attached hydrogens (tertiary/aromatic N) is 5. The average molecular weight is 467 g/mol. The molecule has 2 aliphatic heterocycles. The van der Waals surface area contributed by atoms with Crippen LogP contribution in [0.3, 0.4) is 0 Å². The molecular formula is C24H30N6O2S. The molecule has 0 spiro atoms. The number of thiophene rings is 1. The van der Waals surface area contributed by atoms with Crippen LogP contribution in [-0.2, 0) is 16.1 Å². The summed E-state index contributed by atoms with van der Waals surface area (Å²) in [6.45, 7) is 7.88. The van der Waals surface area contributed by atoms with Gasteiger partial charge in [-0.2, -0.15) is 0 Å². The third-order valence-electron chi connectivity index (χ3n) is 6.33. The number of hydrogen-bond acceptors (Lipinski definition) is 8. The first-order valence-corrected chi connectivity index (χ1v) is 12.4. The number of anilines is 1. The molecule has 33 heavy (non-hydrogen) atoms. The Kier molecular flexibility index (Phi) is 6.82. The van der Waals surface area contributed by atoms with E-state index in [9.17, 15) is 4.79 Å². The number of carbonyl (C=O) groups excluding carboxylic acids is 1. The lowest BCUT2D eigenvalue weighted by molar-refractivity contribution is -0.121. The van der Waals surface area contributed by atoms with Crippen LogP contribution in [0, 0.1) is 0 Å². The highest BCUT2D eigenvalue weighted by Gasteiger charge is 2.25. The molecular weight excluding hydrogens is 436 g/mol. The normalized spacial score (nSPS) is 18.0. The van der Waals surface area contributed by atoms with E-state index in [1.807, 2.05) is 6.07 Å². The van der Waals surface area contributed by atoms with Gasteiger partial charge in [0.2, 0.25) is 5.91 Å². The number of aromatic nitrogens is 2. The lowest BCUT2D eigenvalue weighted by Gasteiger charge is -2.35. The van der Waals surface area contributed by atoms with E-state index in [0.717, 1.165) is 80.9 Å². The van der Waals surface area contributed by atoms with Gasteiger partial charge in [0.25, 0.3) is 0 Å². The first-order chi connectivity index (χ1) is 16.2. The van der Waals surface area contributed by atoms with E-state index in [2.05, 4.69) is 49.7 Å². The smallest absolute Gasteiger partial charge is 0.233 e. The number of benzene rings is 1. The zero-order valence-electron chi connectivity index (χ0n) is 19.0. The molecule has 1 N–H and O–H groups in total. The molecule has 0 bridgehead atoms. The van der Waals surface area contributed by atoms with Gasteiger partial charge in [-0.1, -0.05) is 30.3 Å². The lowest BCUT2D eigenvalue weighted by atomic mass is 10.1. The van der Waals surface area contributed by atoms with Crippen molar-refractivity contribution in [3.05, 3.63) is 41.5 Å². The molecule has 2 aromatic heterocycles. The van der Waals surface area contributed by atoms with Crippen molar-refractivity contribution in [2.45, 2.75) is 6.54 Å². The summed E-state index contributed by atoms with van der Waals surface area (Å²) < 4.78 is 5.50. The molecule has 8 nitrogen and oxygen atoms in total. The molecule has 0 radical (unpaired) electrons. The summed E-state index contributed by atoms with van der Waals surface area (Å²) >= 11 is 1.69. The largest absolute Gasteiger partial charge is 0.379 e. The van der Waals surface area contributed by atoms with Gasteiger partial charge in [-0.05, 0) is 5.56 Å². The summed E-state index contributed by atoms with van der Waals surface area (Å²) in [5.41, 5.74) is 2.38. The van der Waals surface area contributed by atoms with Crippen LogP contribution in [0.5, 0.6) is 0 Å². The highest BCUT2D eigenvalue weighted by Crippen LogP contribution is 2.38. The maximum Gasteiger partial charge on any atom is 0.233 e. The Labute approximate surface area is 198 Å². The molecule has 0 saturated carbocycles. The number of morpholine rings is 1. The van der Waals surface area contributed by atoms with Gasteiger partial charge in [0.1, 0.15) is 16.5 Å². The number of ether oxygens (including phenoxy) is 1. The molecule has 0 unspecified atom stereocenters. The van der Waals surface area contributed by atoms with Crippen LogP contribution < -0.4 is 10.2 Å². The number of amides is 1. The third kappa shape index (κ3) is 5.01. The molecule has 3 aromatic rings. The molecule has 4 heterocycles. The standard InChI is InChI=1S/C24H30N6O2S/c1-25-21(31)16-28-7-9-30(10-8-28)23-22-19(18-5-3-2-4-6-18)17-33-24(22)27-20(26-23)15-29-11-13-32-14-12-29/h2-6,17H,7-16H2,1H3,(H,25,31). The van der Waals surface area contributed by atoms with E-state index in [1.165, 1.54) is 11.1 Å². The van der Waals surface area contributed by atoms with Crippen molar-refractivity contribution < 1.29 is 9.53 Å². The van der Waals surface area contributed by atoms with Crippen LogP contribution in [0.4, 0.5) is 5.82 Å². The molecule has 0 aliphatic carbocycles. The zero-order chi connectivity index (χ0) is 22.6. The molecule has 2 fully saturated rings. The highest BCUT2D eigenvalue weighted by molar-refractivity contribution is 7.17. The van der Waals surface area contributed by atoms with Gasteiger partial charge in [-0.25, -0.2) is 9.97 Å². The zero-order valence-corrected chi connectivity index (χ0v) is 19.8. The van der Waals surface area contributed by atoms with E-state index in [0.29, 0.717) is 6.54 Å². The Morgan fingerprint density at radius 2 is 1.79 bits per heavy atom. The molecule has 5 rings (SSSR count). The number of fused-ring (bicyclic) bond motifs is 1. The fourth-order valence-corrected chi connectivity index (χ4v) is 5.42. The number of rotatable bonds is 6. The van der Waals surface area contributed by atoms with Gasteiger partial charge in [0.15, 0.2) is 0 Å². The second-order valence-electron chi connectivity index (χ2n) is 8.48. The Morgan fingerprint density at radius 1 is 1.03 bits per heavy atom. The molecule has 9 heteroatoms. The Balaban J connectivity index is 1.47. The first kappa shape index (κ1) is 22.2. The minimum atomic E-state index is 0.0601. The summed E-state index contributed by atoms with van der Waals surface area (Å²) in [6, 6.07) is 10.5. The van der Waals surface area contributed by atoms with E-state index in [4.69, 9.17) is 14.7 Å². The van der Waals surface area contributed by atoms with Crippen LogP contribution in [0.25, 0.3) is 21.3 Å². The maximum atomic E-state index is 11.8. The van der Waals surface area contributed by atoms with Crippen LogP contribution in [-0.4, -0.2) is 91.7 Å². The number of hydrogen-bond donors (Lipinski definition) is 1. The van der Waals surface area contributed by atoms with Crippen molar-refractivity contribution in [2.75, 3.05) is 71.0 Å². The predicted octanol–water partition coefficient (Wildman–Crippen LogP) is 2.06. The Bertz CT molecular complexity index is 1090. The predicted molar refractivity (Wildman–Crippen MR) is 132 cm³/mol. The minimum absolute atomic E-state index is 0.0601. The Morgan fingerprint density at radius 3 is 2.52 bits per heavy atom. The van der Waals surface area contributed by atoms with E-state index in [1.54, 1.807) is 18.4 Å². The van der Waals surface area contributed by atoms with Crippen molar-refractivity contribution in [3.8, 4) is 11.1 Å². The topological polar surface area (TPSA) is 73.8 Å². The first-order valence-electron chi connectivity index (χ1n) is 11.5. The number of piperazine rings is 1. The molecule has 1 aromatic carbocycles. The van der Waals surface area contributed by atoms with Crippen molar-refractivity contribution in [1.29, 1.82) is 0 Å². The average Bonchev–Trinajstić information content (AvgIpc) is 3.29. The number of carbonyl (C=O) groups is 1. The van der Waals surface area contributed by atoms with Gasteiger partial charge in [0.05, 0.1) is 31.7 Å². The van der Waals surface area contributed by atoms with Gasteiger partial charge >= 0.3 is 0 Å². The van der Waals surface area contributed by atoms with Crippen molar-refractivity contribution in [2.24, 2.45) is 0 Å². The summed E-state index contributed by atoms with van der Waals surface area (Å²) in [6.07, 6.45) is 0. The van der Waals surface area contributed by atoms with Crippen LogP contribution in [0.2, 0.25) is 0 Å². The fraction of sp³-hybridized carbons (Fsp3) is 0.458. The van der Waals surface area contributed by atoms with Crippen LogP contribution in [0.15, 0.2) is 35.7 Å². The SMILES string of the molecule is CNC(=O)CN1CCN(c2nc(CN3CCOCC3)nc3scc(-c4ccccc4)c23)CC1. The van der Waals surface area contributed by atoms with Gasteiger partial charge in [0, 0.05) is 57.3 Å². The molecule has 2 saturated heterocycles. The maximum absolute atomic E-state index is 11.8. The molecule has 174 valence electrons. The summed E-state index contributed by atoms with van der Waals surface area (Å²) in [7, 11) is 1.69. The van der Waals surface area contributed by atoms with Crippen molar-refractivity contribution >= 4 is 33.3 Å². The third-order valence-corrected chi connectivity index (χ3v) is 7.20. The Hall–Kier alpha value is -2.59. The quantitative estimate of drug-likeness (QED) is 0.596. The monoisotopic (exact) mass is 466 g/mol. The second kappa shape index (κ2) is 10.1. The lowest BCUT2D eigenvalue weighted by Crippen LogP contribution is -2.49. The van der Waals surface area contributed by atoms with E-state index >= 15 is 0 Å². The summed E-state index contributed by atoms with van der Waals surface area (Å²) in [5, 5.41) is 6.06. The molecule has 2 aliphatic rings. The van der Waals surface area contributed by atoms with Crippen LogP contribution >= 0.6 is 11.3 Å². The summed E-state index contributed by atoms with van der Waals surface area (Å²) in [5.74, 6) is 1.95. The van der Waals surface area contributed by atoms with E-state index in [-0.39, 0.29) is 5.91 Å². The fourth-order valence-electron chi connectivity index (χ4n) is 4.46. The molecule has 1 amide bonds. The van der Waals surface area contributed by atoms with Crippen LogP contribution in [0.1, 0.15) is 5.82 Å². The van der Waals surface area contributed by atoms with E-state index < -0.39 is 0 Å². The second-order valence-corrected chi connectivity index (χ2v) is 9.34. The number of nitrogens with one attached hydrogen (secondary N) is 1. The highest BCUT2D eigenvalue weighted by atomic mass is 32.1. The molecule has 0 atom stereocenters. The van der Waals surface area contributed by atoms with Gasteiger partial charge < -0.3 is 15.0 Å². The van der Waals surface area contributed by atoms with Crippen molar-refractivity contribution in [1.82, 2.24) is 25.1 Å². The van der Waals surface area contributed by atoms with Crippen molar-refractivity contribution in [3.63, 3.8) is 0 Å². The van der Waals surface area contributed by atoms with Gasteiger partial charge in [-0.3, -0.25) is 14.6 Å². The number of likely N-dealkylation sites (N-methyl/N-ethyl adjacent to an activating group) is 1.